The van der Waals surface area contributed by atoms with Crippen LogP contribution in [0.15, 0.2) is 146 Å². The lowest BCUT2D eigenvalue weighted by Gasteiger charge is -2.21. The van der Waals surface area contributed by atoms with E-state index in [0.717, 1.165) is 94.2 Å². The molecule has 3 nitrogen and oxygen atoms in total. The van der Waals surface area contributed by atoms with Gasteiger partial charge in [0.1, 0.15) is 6.07 Å². The van der Waals surface area contributed by atoms with Crippen LogP contribution in [0.5, 0.6) is 0 Å². The van der Waals surface area contributed by atoms with Crippen LogP contribution < -0.4 is 0 Å². The molecule has 62 heavy (non-hydrogen) atoms. The van der Waals surface area contributed by atoms with Crippen molar-refractivity contribution in [1.29, 1.82) is 5.26 Å². The Morgan fingerprint density at radius 1 is 0.435 bits per heavy atom. The fraction of sp³-hybridized carbons (Fsp3) is 0.125. The number of hydrogen-bond donors (Lipinski definition) is 0. The van der Waals surface area contributed by atoms with Crippen molar-refractivity contribution in [1.82, 2.24) is 9.13 Å². The summed E-state index contributed by atoms with van der Waals surface area (Å²) in [6, 6.07) is 49.4. The van der Waals surface area contributed by atoms with Gasteiger partial charge in [0.05, 0.1) is 44.6 Å². The van der Waals surface area contributed by atoms with E-state index in [0.29, 0.717) is 22.5 Å². The Bertz CT molecular complexity index is 3490. The van der Waals surface area contributed by atoms with Gasteiger partial charge in [-0.1, -0.05) is 114 Å². The lowest BCUT2D eigenvalue weighted by molar-refractivity contribution is -0.137. The van der Waals surface area contributed by atoms with Gasteiger partial charge in [0.2, 0.25) is 0 Å². The summed E-state index contributed by atoms with van der Waals surface area (Å²) in [7, 11) is 0. The molecule has 0 amide bonds. The number of aryl methyl sites for hydroxylation is 6. The Morgan fingerprint density at radius 2 is 0.871 bits per heavy atom. The molecular formula is C56H42F3N3. The van der Waals surface area contributed by atoms with E-state index in [2.05, 4.69) is 119 Å². The van der Waals surface area contributed by atoms with Gasteiger partial charge in [0, 0.05) is 27.1 Å². The quantitative estimate of drug-likeness (QED) is 0.170. The first kappa shape index (κ1) is 38.8. The molecule has 0 atom stereocenters. The third-order valence-corrected chi connectivity index (χ3v) is 12.5. The van der Waals surface area contributed by atoms with Gasteiger partial charge in [0.25, 0.3) is 0 Å². The van der Waals surface area contributed by atoms with Crippen LogP contribution in [0.25, 0.3) is 88.4 Å². The molecule has 0 fully saturated rings. The molecule has 0 bridgehead atoms. The largest absolute Gasteiger partial charge is 0.417 e. The Hall–Kier alpha value is -7.36. The zero-order valence-electron chi connectivity index (χ0n) is 35.3. The average molecular weight is 814 g/mol. The number of nitrogens with zero attached hydrogens (tertiary/aromatic N) is 3. The fourth-order valence-electron chi connectivity index (χ4n) is 10.3. The predicted octanol–water partition coefficient (Wildman–Crippen LogP) is 15.6. The molecular weight excluding hydrogens is 772 g/mol. The second kappa shape index (κ2) is 14.4. The second-order valence-electron chi connectivity index (χ2n) is 16.8. The summed E-state index contributed by atoms with van der Waals surface area (Å²) in [4.78, 5) is 0. The Balaban J connectivity index is 1.34. The number of fused-ring (bicyclic) bond motifs is 6. The van der Waals surface area contributed by atoms with Gasteiger partial charge in [-0.05, 0) is 134 Å². The maximum atomic E-state index is 15.2. The molecule has 0 N–H and O–H groups in total. The minimum Gasteiger partial charge on any atom is -0.309 e. The molecule has 10 aromatic rings. The highest BCUT2D eigenvalue weighted by atomic mass is 19.4. The number of aromatic nitrogens is 2. The maximum absolute atomic E-state index is 15.2. The number of halogens is 3. The van der Waals surface area contributed by atoms with Crippen molar-refractivity contribution < 1.29 is 13.2 Å². The number of benzene rings is 8. The summed E-state index contributed by atoms with van der Waals surface area (Å²) < 4.78 is 49.8. The van der Waals surface area contributed by atoms with Crippen LogP contribution in [0.2, 0.25) is 0 Å². The van der Waals surface area contributed by atoms with Crippen molar-refractivity contribution in [2.45, 2.75) is 47.7 Å². The first-order valence-corrected chi connectivity index (χ1v) is 20.8. The van der Waals surface area contributed by atoms with Gasteiger partial charge in [-0.3, -0.25) is 0 Å². The van der Waals surface area contributed by atoms with Crippen LogP contribution in [0.3, 0.4) is 0 Å². The van der Waals surface area contributed by atoms with Gasteiger partial charge in [-0.15, -0.1) is 0 Å². The molecule has 0 aliphatic carbocycles. The Kier molecular flexibility index (Phi) is 9.01. The molecule has 6 heteroatoms. The monoisotopic (exact) mass is 813 g/mol. The van der Waals surface area contributed by atoms with Crippen molar-refractivity contribution in [3.63, 3.8) is 0 Å². The number of nitriles is 1. The molecule has 8 aromatic carbocycles. The van der Waals surface area contributed by atoms with Crippen LogP contribution in [0.1, 0.15) is 44.5 Å². The van der Waals surface area contributed by atoms with E-state index in [1.807, 2.05) is 47.0 Å². The van der Waals surface area contributed by atoms with E-state index in [9.17, 15) is 5.26 Å². The van der Waals surface area contributed by atoms with Gasteiger partial charge in [0.15, 0.2) is 0 Å². The van der Waals surface area contributed by atoms with Crippen molar-refractivity contribution >= 4 is 43.6 Å². The van der Waals surface area contributed by atoms with Crippen LogP contribution in [0, 0.1) is 52.9 Å². The molecule has 0 aliphatic heterocycles. The lowest BCUT2D eigenvalue weighted by Crippen LogP contribution is -2.09. The molecule has 2 aromatic heterocycles. The number of rotatable bonds is 5. The van der Waals surface area contributed by atoms with Crippen molar-refractivity contribution in [3.05, 3.63) is 190 Å². The summed E-state index contributed by atoms with van der Waals surface area (Å²) in [5, 5.41) is 15.1. The van der Waals surface area contributed by atoms with Gasteiger partial charge in [-0.2, -0.15) is 18.4 Å². The number of para-hydroxylation sites is 2. The normalized spacial score (nSPS) is 11.9. The van der Waals surface area contributed by atoms with Crippen molar-refractivity contribution in [2.75, 3.05) is 0 Å². The summed E-state index contributed by atoms with van der Waals surface area (Å²) in [5.41, 5.74) is 15.5. The standard InChI is InChI=1S/C56H42F3N3/c1-32-23-34(3)54(35(4)24-32)38-19-21-44-42-14-8-11-17-48(42)61(51(44)27-38)50-30-46(41-13-7-10-16-47(41)56(57,58)59)53(29-40(50)31-60)62-49-18-12-9-15-43(49)45-22-20-39(28-52(45)62)55-36(5)25-33(2)26-37(55)6/h7-30H,1-6H3. The van der Waals surface area contributed by atoms with Gasteiger partial charge >= 0.3 is 6.18 Å². The third-order valence-electron chi connectivity index (χ3n) is 12.5. The molecule has 0 radical (unpaired) electrons. The zero-order chi connectivity index (χ0) is 43.2. The van der Waals surface area contributed by atoms with E-state index in [1.54, 1.807) is 24.3 Å². The van der Waals surface area contributed by atoms with Crippen LogP contribution in [-0.2, 0) is 6.18 Å². The summed E-state index contributed by atoms with van der Waals surface area (Å²) >= 11 is 0. The van der Waals surface area contributed by atoms with Crippen molar-refractivity contribution in [2.24, 2.45) is 0 Å². The van der Waals surface area contributed by atoms with E-state index in [-0.39, 0.29) is 5.56 Å². The molecule has 0 unspecified atom stereocenters. The fourth-order valence-corrected chi connectivity index (χ4v) is 10.3. The number of alkyl halides is 3. The van der Waals surface area contributed by atoms with E-state index >= 15 is 13.2 Å². The first-order chi connectivity index (χ1) is 29.8. The highest BCUT2D eigenvalue weighted by Crippen LogP contribution is 2.45. The van der Waals surface area contributed by atoms with E-state index < -0.39 is 11.7 Å². The SMILES string of the molecule is Cc1cc(C)c(-c2ccc3c4ccccc4n(-c4cc(-c5ccccc5C(F)(F)F)c(-n5c6ccccc6c6ccc(-c7c(C)cc(C)cc7C)cc65)cc4C#N)c3c2)c(C)c1. The van der Waals surface area contributed by atoms with Crippen LogP contribution in [0.4, 0.5) is 13.2 Å². The molecule has 0 saturated heterocycles. The molecule has 10 rings (SSSR count). The average Bonchev–Trinajstić information content (AvgIpc) is 3.74. The molecule has 0 saturated carbocycles. The van der Waals surface area contributed by atoms with Crippen molar-refractivity contribution in [3.8, 4) is 50.8 Å². The first-order valence-electron chi connectivity index (χ1n) is 20.8. The third kappa shape index (κ3) is 6.10. The maximum Gasteiger partial charge on any atom is 0.417 e. The Morgan fingerprint density at radius 3 is 1.35 bits per heavy atom. The summed E-state index contributed by atoms with van der Waals surface area (Å²) in [6.07, 6.45) is -4.65. The minimum atomic E-state index is -4.65. The minimum absolute atomic E-state index is 0.0282. The van der Waals surface area contributed by atoms with Gasteiger partial charge < -0.3 is 9.13 Å². The van der Waals surface area contributed by atoms with E-state index in [1.165, 1.54) is 17.2 Å². The zero-order valence-corrected chi connectivity index (χ0v) is 35.3. The van der Waals surface area contributed by atoms with Crippen LogP contribution in [-0.4, -0.2) is 9.13 Å². The second-order valence-corrected chi connectivity index (χ2v) is 16.8. The predicted molar refractivity (Wildman–Crippen MR) is 250 cm³/mol. The highest BCUT2D eigenvalue weighted by Gasteiger charge is 2.35. The highest BCUT2D eigenvalue weighted by molar-refractivity contribution is 6.12. The van der Waals surface area contributed by atoms with Crippen LogP contribution >= 0.6 is 0 Å². The molecule has 0 aliphatic rings. The topological polar surface area (TPSA) is 33.6 Å². The van der Waals surface area contributed by atoms with E-state index in [4.69, 9.17) is 0 Å². The summed E-state index contributed by atoms with van der Waals surface area (Å²) in [6.45, 7) is 12.6. The summed E-state index contributed by atoms with van der Waals surface area (Å²) in [5.74, 6) is 0. The lowest BCUT2D eigenvalue weighted by atomic mass is 9.93. The Labute approximate surface area is 358 Å². The molecule has 302 valence electrons. The van der Waals surface area contributed by atoms with Gasteiger partial charge in [-0.25, -0.2) is 0 Å². The molecule has 0 spiro atoms. The smallest absolute Gasteiger partial charge is 0.309 e. The number of hydrogen-bond acceptors (Lipinski definition) is 1. The molecule has 2 heterocycles.